The van der Waals surface area contributed by atoms with Gasteiger partial charge in [0, 0.05) is 56.2 Å². The van der Waals surface area contributed by atoms with E-state index < -0.39 is 0 Å². The molecule has 0 aliphatic rings. The zero-order chi connectivity index (χ0) is 13.8. The SMILES string of the molecule is Cn1nccc1CCNCc1cncc2ccccc12. The molecule has 4 nitrogen and oxygen atoms in total. The molecule has 0 radical (unpaired) electrons. The molecule has 0 fully saturated rings. The van der Waals surface area contributed by atoms with Crippen LogP contribution in [0, 0.1) is 0 Å². The van der Waals surface area contributed by atoms with Crippen molar-refractivity contribution in [2.24, 2.45) is 7.05 Å². The Morgan fingerprint density at radius 1 is 1.15 bits per heavy atom. The number of nitrogens with one attached hydrogen (secondary N) is 1. The number of hydrogen-bond acceptors (Lipinski definition) is 3. The van der Waals surface area contributed by atoms with Gasteiger partial charge >= 0.3 is 0 Å². The number of aryl methyl sites for hydroxylation is 1. The molecule has 0 unspecified atom stereocenters. The first-order valence-corrected chi connectivity index (χ1v) is 6.84. The number of aromatic nitrogens is 3. The Balaban J connectivity index is 1.62. The van der Waals surface area contributed by atoms with E-state index in [0.29, 0.717) is 0 Å². The van der Waals surface area contributed by atoms with Crippen LogP contribution in [0.3, 0.4) is 0 Å². The highest BCUT2D eigenvalue weighted by Gasteiger charge is 2.01. The minimum absolute atomic E-state index is 0.839. The standard InChI is InChI=1S/C16H18N4/c1-20-15(7-9-19-20)6-8-17-11-14-12-18-10-13-4-2-3-5-16(13)14/h2-5,7,9-10,12,17H,6,8,11H2,1H3. The van der Waals surface area contributed by atoms with E-state index in [1.165, 1.54) is 22.0 Å². The molecule has 0 amide bonds. The lowest BCUT2D eigenvalue weighted by molar-refractivity contribution is 0.644. The van der Waals surface area contributed by atoms with Crippen LogP contribution >= 0.6 is 0 Å². The largest absolute Gasteiger partial charge is 0.312 e. The van der Waals surface area contributed by atoms with Crippen molar-refractivity contribution in [3.8, 4) is 0 Å². The molecule has 0 saturated heterocycles. The summed E-state index contributed by atoms with van der Waals surface area (Å²) >= 11 is 0. The van der Waals surface area contributed by atoms with Gasteiger partial charge in [-0.15, -0.1) is 0 Å². The van der Waals surface area contributed by atoms with E-state index >= 15 is 0 Å². The van der Waals surface area contributed by atoms with Crippen LogP contribution in [0.15, 0.2) is 48.9 Å². The van der Waals surface area contributed by atoms with Crippen molar-refractivity contribution >= 4 is 10.8 Å². The number of benzene rings is 1. The average Bonchev–Trinajstić information content (AvgIpc) is 2.89. The first kappa shape index (κ1) is 12.8. The molecule has 0 atom stereocenters. The first-order valence-electron chi connectivity index (χ1n) is 6.84. The van der Waals surface area contributed by atoms with E-state index in [2.05, 4.69) is 39.7 Å². The number of fused-ring (bicyclic) bond motifs is 1. The molecule has 0 bridgehead atoms. The topological polar surface area (TPSA) is 42.7 Å². The predicted octanol–water partition coefficient (Wildman–Crippen LogP) is 2.30. The van der Waals surface area contributed by atoms with Crippen LogP contribution in [-0.4, -0.2) is 21.3 Å². The van der Waals surface area contributed by atoms with Crippen LogP contribution in [0.1, 0.15) is 11.3 Å². The second kappa shape index (κ2) is 5.84. The number of hydrogen-bond donors (Lipinski definition) is 1. The fraction of sp³-hybridized carbons (Fsp3) is 0.250. The van der Waals surface area contributed by atoms with Gasteiger partial charge in [0.1, 0.15) is 0 Å². The quantitative estimate of drug-likeness (QED) is 0.721. The summed E-state index contributed by atoms with van der Waals surface area (Å²) in [5, 5.41) is 10.1. The van der Waals surface area contributed by atoms with Crippen LogP contribution in [0.4, 0.5) is 0 Å². The van der Waals surface area contributed by atoms with Crippen LogP contribution in [0.25, 0.3) is 10.8 Å². The van der Waals surface area contributed by atoms with E-state index in [1.54, 1.807) is 0 Å². The van der Waals surface area contributed by atoms with Crippen LogP contribution in [-0.2, 0) is 20.0 Å². The van der Waals surface area contributed by atoms with Gasteiger partial charge in [0.05, 0.1) is 0 Å². The van der Waals surface area contributed by atoms with Gasteiger partial charge in [-0.05, 0) is 17.0 Å². The van der Waals surface area contributed by atoms with Crippen LogP contribution in [0.5, 0.6) is 0 Å². The molecule has 102 valence electrons. The van der Waals surface area contributed by atoms with Crippen molar-refractivity contribution in [1.29, 1.82) is 0 Å². The highest BCUT2D eigenvalue weighted by Crippen LogP contribution is 2.16. The van der Waals surface area contributed by atoms with E-state index in [1.807, 2.05) is 36.4 Å². The smallest absolute Gasteiger partial charge is 0.0492 e. The Bertz CT molecular complexity index is 697. The maximum atomic E-state index is 4.30. The van der Waals surface area contributed by atoms with Gasteiger partial charge in [0.25, 0.3) is 0 Å². The maximum Gasteiger partial charge on any atom is 0.0492 e. The number of rotatable bonds is 5. The minimum atomic E-state index is 0.839. The molecule has 2 aromatic heterocycles. The molecule has 3 rings (SSSR count). The van der Waals surface area contributed by atoms with Gasteiger partial charge in [-0.2, -0.15) is 5.10 Å². The Hall–Kier alpha value is -2.20. The fourth-order valence-corrected chi connectivity index (χ4v) is 2.41. The molecule has 0 aliphatic heterocycles. The van der Waals surface area contributed by atoms with Gasteiger partial charge < -0.3 is 5.32 Å². The Labute approximate surface area is 118 Å². The Morgan fingerprint density at radius 2 is 2.05 bits per heavy atom. The lowest BCUT2D eigenvalue weighted by Crippen LogP contribution is -2.18. The van der Waals surface area contributed by atoms with E-state index in [0.717, 1.165) is 19.5 Å². The van der Waals surface area contributed by atoms with E-state index in [4.69, 9.17) is 0 Å². The Kier molecular flexibility index (Phi) is 3.74. The van der Waals surface area contributed by atoms with Gasteiger partial charge in [-0.1, -0.05) is 24.3 Å². The van der Waals surface area contributed by atoms with Crippen molar-refractivity contribution in [3.63, 3.8) is 0 Å². The molecule has 20 heavy (non-hydrogen) atoms. The lowest BCUT2D eigenvalue weighted by atomic mass is 10.1. The summed E-state index contributed by atoms with van der Waals surface area (Å²) < 4.78 is 1.92. The second-order valence-corrected chi connectivity index (χ2v) is 4.89. The summed E-state index contributed by atoms with van der Waals surface area (Å²) in [6.45, 7) is 1.77. The van der Waals surface area contributed by atoms with Gasteiger partial charge in [-0.25, -0.2) is 0 Å². The summed E-state index contributed by atoms with van der Waals surface area (Å²) in [7, 11) is 1.98. The third kappa shape index (κ3) is 2.70. The molecule has 3 aromatic rings. The predicted molar refractivity (Wildman–Crippen MR) is 80.4 cm³/mol. The summed E-state index contributed by atoms with van der Waals surface area (Å²) in [5.74, 6) is 0. The molecular weight excluding hydrogens is 248 g/mol. The highest BCUT2D eigenvalue weighted by atomic mass is 15.3. The van der Waals surface area contributed by atoms with Gasteiger partial charge in [0.2, 0.25) is 0 Å². The van der Waals surface area contributed by atoms with Crippen LogP contribution < -0.4 is 5.32 Å². The highest BCUT2D eigenvalue weighted by molar-refractivity contribution is 5.84. The molecule has 2 heterocycles. The van der Waals surface area contributed by atoms with Crippen molar-refractivity contribution in [3.05, 3.63) is 60.2 Å². The van der Waals surface area contributed by atoms with Crippen molar-refractivity contribution in [1.82, 2.24) is 20.1 Å². The van der Waals surface area contributed by atoms with E-state index in [9.17, 15) is 0 Å². The maximum absolute atomic E-state index is 4.30. The zero-order valence-electron chi connectivity index (χ0n) is 11.6. The normalized spacial score (nSPS) is 11.1. The third-order valence-corrected chi connectivity index (χ3v) is 3.55. The average molecular weight is 266 g/mol. The lowest BCUT2D eigenvalue weighted by Gasteiger charge is -2.08. The van der Waals surface area contributed by atoms with Crippen LogP contribution in [0.2, 0.25) is 0 Å². The molecular formula is C16H18N4. The van der Waals surface area contributed by atoms with Gasteiger partial charge in [0.15, 0.2) is 0 Å². The fourth-order valence-electron chi connectivity index (χ4n) is 2.41. The monoisotopic (exact) mass is 266 g/mol. The summed E-state index contributed by atoms with van der Waals surface area (Å²) in [4.78, 5) is 4.30. The second-order valence-electron chi connectivity index (χ2n) is 4.89. The summed E-state index contributed by atoms with van der Waals surface area (Å²) in [6.07, 6.45) is 6.67. The first-order chi connectivity index (χ1) is 9.84. The zero-order valence-corrected chi connectivity index (χ0v) is 11.6. The number of pyridine rings is 1. The van der Waals surface area contributed by atoms with Crippen molar-refractivity contribution in [2.45, 2.75) is 13.0 Å². The molecule has 0 spiro atoms. The molecule has 1 aromatic carbocycles. The van der Waals surface area contributed by atoms with Gasteiger partial charge in [-0.3, -0.25) is 9.67 Å². The molecule has 1 N–H and O–H groups in total. The molecule has 4 heteroatoms. The van der Waals surface area contributed by atoms with Crippen molar-refractivity contribution < 1.29 is 0 Å². The molecule has 0 saturated carbocycles. The summed E-state index contributed by atoms with van der Waals surface area (Å²) in [6, 6.07) is 10.4. The molecule has 0 aliphatic carbocycles. The Morgan fingerprint density at radius 3 is 2.90 bits per heavy atom. The van der Waals surface area contributed by atoms with E-state index in [-0.39, 0.29) is 0 Å². The number of nitrogens with zero attached hydrogens (tertiary/aromatic N) is 3. The summed E-state index contributed by atoms with van der Waals surface area (Å²) in [5.41, 5.74) is 2.49. The minimum Gasteiger partial charge on any atom is -0.312 e. The third-order valence-electron chi connectivity index (χ3n) is 3.55. The van der Waals surface area contributed by atoms with Crippen molar-refractivity contribution in [2.75, 3.05) is 6.54 Å².